The van der Waals surface area contributed by atoms with Gasteiger partial charge in [-0.2, -0.15) is 13.2 Å². The minimum absolute atomic E-state index is 0.0533. The zero-order valence-corrected chi connectivity index (χ0v) is 27.5. The number of Topliss-reactive ketones (excluding diaryl/α,β-unsaturated/α-hetero) is 2. The molecule has 2 aliphatic heterocycles. The van der Waals surface area contributed by atoms with Crippen molar-refractivity contribution in [1.82, 2.24) is 9.80 Å². The minimum Gasteiger partial charge on any atom is -0.385 e. The first-order valence-corrected chi connectivity index (χ1v) is 16.7. The Balaban J connectivity index is 0.000000237. The molecule has 5 rings (SSSR count). The first-order valence-electron chi connectivity index (χ1n) is 16.7. The Labute approximate surface area is 279 Å². The lowest BCUT2D eigenvalue weighted by Crippen LogP contribution is -2.43. The number of rotatable bonds is 11. The molecule has 10 heteroatoms. The monoisotopic (exact) mass is 672 g/mol. The van der Waals surface area contributed by atoms with Gasteiger partial charge in [0.2, 0.25) is 0 Å². The Kier molecular flexibility index (Phi) is 13.4. The average Bonchev–Trinajstić information content (AvgIpc) is 3.07. The normalized spacial score (nSPS) is 17.4. The van der Waals surface area contributed by atoms with Crippen molar-refractivity contribution in [3.8, 4) is 0 Å². The molecule has 0 saturated carbocycles. The molecule has 0 atom stereocenters. The zero-order chi connectivity index (χ0) is 34.7. The van der Waals surface area contributed by atoms with Crippen molar-refractivity contribution in [3.63, 3.8) is 0 Å². The summed E-state index contributed by atoms with van der Waals surface area (Å²) in [6, 6.07) is 16.2. The third kappa shape index (κ3) is 11.3. The number of likely N-dealkylation sites (tertiary alicyclic amines) is 2. The summed E-state index contributed by atoms with van der Waals surface area (Å²) in [6.45, 7) is 7.35. The molecule has 48 heavy (non-hydrogen) atoms. The second-order valence-corrected chi connectivity index (χ2v) is 13.0. The van der Waals surface area contributed by atoms with Gasteiger partial charge in [-0.15, -0.1) is 0 Å². The Hall–Kier alpha value is -3.47. The van der Waals surface area contributed by atoms with Crippen molar-refractivity contribution in [2.45, 2.75) is 70.1 Å². The third-order valence-electron chi connectivity index (χ3n) is 9.38. The fourth-order valence-electron chi connectivity index (χ4n) is 6.19. The molecule has 2 aliphatic rings. The molecule has 0 aromatic heterocycles. The number of nitrogens with zero attached hydrogens (tertiary/aromatic N) is 2. The van der Waals surface area contributed by atoms with E-state index in [1.165, 1.54) is 61.4 Å². The molecule has 0 radical (unpaired) electrons. The summed E-state index contributed by atoms with van der Waals surface area (Å²) in [5.41, 5.74) is -0.650. The van der Waals surface area contributed by atoms with Crippen LogP contribution in [0.3, 0.4) is 0 Å². The van der Waals surface area contributed by atoms with Gasteiger partial charge in [0.1, 0.15) is 11.6 Å². The average molecular weight is 673 g/mol. The maximum atomic E-state index is 12.9. The number of alkyl halides is 3. The Morgan fingerprint density at radius 3 is 1.67 bits per heavy atom. The Morgan fingerprint density at radius 1 is 0.750 bits per heavy atom. The van der Waals surface area contributed by atoms with Gasteiger partial charge >= 0.3 is 6.18 Å². The van der Waals surface area contributed by atoms with Crippen molar-refractivity contribution in [2.75, 3.05) is 39.3 Å². The summed E-state index contributed by atoms with van der Waals surface area (Å²) >= 11 is 0. The molecule has 0 unspecified atom stereocenters. The van der Waals surface area contributed by atoms with E-state index in [0.29, 0.717) is 68.4 Å². The van der Waals surface area contributed by atoms with Crippen LogP contribution in [0.4, 0.5) is 22.0 Å². The van der Waals surface area contributed by atoms with Gasteiger partial charge in [0.25, 0.3) is 0 Å². The molecule has 0 bridgehead atoms. The van der Waals surface area contributed by atoms with Crippen LogP contribution in [0, 0.1) is 17.6 Å². The fourth-order valence-corrected chi connectivity index (χ4v) is 6.19. The van der Waals surface area contributed by atoms with Crippen LogP contribution in [-0.4, -0.2) is 65.7 Å². The molecule has 3 aromatic rings. The molecule has 5 nitrogen and oxygen atoms in total. The third-order valence-corrected chi connectivity index (χ3v) is 9.38. The van der Waals surface area contributed by atoms with Gasteiger partial charge in [-0.25, -0.2) is 8.78 Å². The van der Waals surface area contributed by atoms with Crippen LogP contribution in [0.5, 0.6) is 0 Å². The number of ketones is 2. The standard InChI is InChI=1S/C22H23F4NO2.C16H22FNO/c23-19-8-6-16(7-9-19)20(28)5-2-12-27-13-10-21(29,11-14-27)17-3-1-4-18(15-17)22(24,25)26;1-13-8-11-18(12-9-13)10-2-3-16(19)14-4-6-15(17)7-5-14/h1,3-4,6-9,15,29H,2,5,10-14H2;4-7,13H,2-3,8-12H2,1H3. The Morgan fingerprint density at radius 2 is 1.21 bits per heavy atom. The summed E-state index contributed by atoms with van der Waals surface area (Å²) in [7, 11) is 0. The minimum atomic E-state index is -4.44. The van der Waals surface area contributed by atoms with Crippen molar-refractivity contribution >= 4 is 11.6 Å². The molecule has 0 spiro atoms. The molecule has 2 saturated heterocycles. The van der Waals surface area contributed by atoms with Crippen molar-refractivity contribution in [2.24, 2.45) is 5.92 Å². The quantitative estimate of drug-likeness (QED) is 0.164. The van der Waals surface area contributed by atoms with E-state index in [2.05, 4.69) is 16.7 Å². The molecule has 2 heterocycles. The highest BCUT2D eigenvalue weighted by Crippen LogP contribution is 2.36. The summed E-state index contributed by atoms with van der Waals surface area (Å²) in [6.07, 6.45) is 1.17. The number of halogens is 5. The van der Waals surface area contributed by atoms with Crippen LogP contribution in [0.1, 0.15) is 90.1 Å². The zero-order valence-electron chi connectivity index (χ0n) is 27.5. The van der Waals surface area contributed by atoms with Crippen LogP contribution in [0.2, 0.25) is 0 Å². The number of carbonyl (C=O) groups is 2. The molecule has 2 fully saturated rings. The second-order valence-electron chi connectivity index (χ2n) is 13.0. The van der Waals surface area contributed by atoms with Gasteiger partial charge in [-0.05, 0) is 137 Å². The number of hydrogen-bond donors (Lipinski definition) is 1. The van der Waals surface area contributed by atoms with E-state index >= 15 is 0 Å². The predicted octanol–water partition coefficient (Wildman–Crippen LogP) is 8.31. The molecule has 1 N–H and O–H groups in total. The van der Waals surface area contributed by atoms with E-state index in [1.54, 1.807) is 12.1 Å². The molecule has 3 aromatic carbocycles. The van der Waals surface area contributed by atoms with E-state index in [1.807, 2.05) is 0 Å². The van der Waals surface area contributed by atoms with Crippen LogP contribution < -0.4 is 0 Å². The number of hydrogen-bond acceptors (Lipinski definition) is 5. The first kappa shape index (κ1) is 37.4. The summed E-state index contributed by atoms with van der Waals surface area (Å²) < 4.78 is 64.5. The molecular weight excluding hydrogens is 627 g/mol. The van der Waals surface area contributed by atoms with Crippen LogP contribution >= 0.6 is 0 Å². The Bertz CT molecular complexity index is 1460. The summed E-state index contributed by atoms with van der Waals surface area (Å²) in [5, 5.41) is 10.9. The largest absolute Gasteiger partial charge is 0.416 e. The molecule has 0 aliphatic carbocycles. The van der Waals surface area contributed by atoms with E-state index in [4.69, 9.17) is 0 Å². The lowest BCUT2D eigenvalue weighted by molar-refractivity contribution is -0.137. The van der Waals surface area contributed by atoms with Gasteiger partial charge in [0, 0.05) is 37.1 Å². The maximum absolute atomic E-state index is 12.9. The smallest absolute Gasteiger partial charge is 0.385 e. The number of aliphatic hydroxyl groups is 1. The van der Waals surface area contributed by atoms with Crippen LogP contribution in [0.15, 0.2) is 72.8 Å². The van der Waals surface area contributed by atoms with Crippen molar-refractivity contribution in [1.29, 1.82) is 0 Å². The van der Waals surface area contributed by atoms with Gasteiger partial charge in [-0.1, -0.05) is 19.1 Å². The van der Waals surface area contributed by atoms with Gasteiger partial charge < -0.3 is 14.9 Å². The summed E-state index contributed by atoms with van der Waals surface area (Å²) in [5.74, 6) is 0.229. The fraction of sp³-hybridized carbons (Fsp3) is 0.474. The maximum Gasteiger partial charge on any atom is 0.416 e. The van der Waals surface area contributed by atoms with Gasteiger partial charge in [0.15, 0.2) is 11.6 Å². The number of benzene rings is 3. The van der Waals surface area contributed by atoms with Crippen LogP contribution in [0.25, 0.3) is 0 Å². The predicted molar refractivity (Wildman–Crippen MR) is 176 cm³/mol. The highest BCUT2D eigenvalue weighted by molar-refractivity contribution is 5.96. The van der Waals surface area contributed by atoms with E-state index in [9.17, 15) is 36.6 Å². The molecule has 260 valence electrons. The van der Waals surface area contributed by atoms with E-state index < -0.39 is 17.3 Å². The topological polar surface area (TPSA) is 60.9 Å². The number of piperidine rings is 2. The van der Waals surface area contributed by atoms with E-state index in [0.717, 1.165) is 44.1 Å². The lowest BCUT2D eigenvalue weighted by Gasteiger charge is -2.38. The lowest BCUT2D eigenvalue weighted by atomic mass is 9.83. The first-order chi connectivity index (χ1) is 22.8. The van der Waals surface area contributed by atoms with Gasteiger partial charge in [-0.3, -0.25) is 9.59 Å². The number of carbonyl (C=O) groups excluding carboxylic acids is 2. The van der Waals surface area contributed by atoms with Crippen molar-refractivity contribution in [3.05, 3.63) is 107 Å². The second kappa shape index (κ2) is 17.3. The highest BCUT2D eigenvalue weighted by Gasteiger charge is 2.37. The van der Waals surface area contributed by atoms with E-state index in [-0.39, 0.29) is 23.2 Å². The van der Waals surface area contributed by atoms with Crippen LogP contribution in [-0.2, 0) is 11.8 Å². The van der Waals surface area contributed by atoms with Crippen molar-refractivity contribution < 1.29 is 36.6 Å². The SMILES string of the molecule is CC1CCN(CCCC(=O)c2ccc(F)cc2)CC1.O=C(CCCN1CCC(O)(c2cccc(C(F)(F)F)c2)CC1)c1ccc(F)cc1. The summed E-state index contributed by atoms with van der Waals surface area (Å²) in [4.78, 5) is 28.6. The van der Waals surface area contributed by atoms with Gasteiger partial charge in [0.05, 0.1) is 11.2 Å². The molecule has 0 amide bonds. The molecular formula is C38H45F5N2O3. The highest BCUT2D eigenvalue weighted by atomic mass is 19.4.